The lowest BCUT2D eigenvalue weighted by Gasteiger charge is -2.24. The summed E-state index contributed by atoms with van der Waals surface area (Å²) in [4.78, 5) is 13.2. The molecule has 0 heterocycles. The van der Waals surface area contributed by atoms with Gasteiger partial charge in [-0.3, -0.25) is 4.79 Å². The first kappa shape index (κ1) is 14.4. The minimum atomic E-state index is -0.260. The summed E-state index contributed by atoms with van der Waals surface area (Å²) in [7, 11) is 2.10. The number of hydrogen-bond acceptors (Lipinski definition) is 3. The van der Waals surface area contributed by atoms with Crippen molar-refractivity contribution in [1.82, 2.24) is 10.2 Å². The number of likely N-dealkylation sites (N-methyl/N-ethyl adjacent to an activating group) is 1. The molecule has 15 heavy (non-hydrogen) atoms. The van der Waals surface area contributed by atoms with E-state index in [-0.39, 0.29) is 11.9 Å². The highest BCUT2D eigenvalue weighted by atomic mass is 16.1. The Morgan fingerprint density at radius 2 is 2.00 bits per heavy atom. The number of primary amides is 1. The van der Waals surface area contributed by atoms with E-state index in [1.165, 1.54) is 0 Å². The van der Waals surface area contributed by atoms with E-state index < -0.39 is 0 Å². The average Bonchev–Trinajstić information content (AvgIpc) is 2.22. The number of nitrogens with one attached hydrogen (secondary N) is 1. The molecule has 0 aromatic carbocycles. The third kappa shape index (κ3) is 5.74. The van der Waals surface area contributed by atoms with Crippen molar-refractivity contribution in [3.05, 3.63) is 0 Å². The number of amides is 1. The molecule has 0 bridgehead atoms. The highest BCUT2D eigenvalue weighted by molar-refractivity contribution is 5.79. The van der Waals surface area contributed by atoms with E-state index in [0.717, 1.165) is 25.9 Å². The molecule has 2 unspecified atom stereocenters. The molecule has 3 N–H and O–H groups in total. The van der Waals surface area contributed by atoms with Gasteiger partial charge in [-0.2, -0.15) is 0 Å². The van der Waals surface area contributed by atoms with Crippen LogP contribution in [0.3, 0.4) is 0 Å². The molecular formula is C11H25N3O. The normalized spacial score (nSPS) is 15.3. The standard InChI is InChI=1S/C11H25N3O/c1-5-9(3)14(4)8-7-13-10(6-2)11(12)15/h9-10,13H,5-8H2,1-4H3,(H2,12,15). The highest BCUT2D eigenvalue weighted by Gasteiger charge is 2.12. The lowest BCUT2D eigenvalue weighted by atomic mass is 10.2. The van der Waals surface area contributed by atoms with Crippen LogP contribution in [0.15, 0.2) is 0 Å². The van der Waals surface area contributed by atoms with Crippen molar-refractivity contribution in [2.24, 2.45) is 5.73 Å². The second-order valence-electron chi connectivity index (χ2n) is 4.06. The fraction of sp³-hybridized carbons (Fsp3) is 0.909. The van der Waals surface area contributed by atoms with Crippen LogP contribution in [0.5, 0.6) is 0 Å². The molecular weight excluding hydrogens is 190 g/mol. The van der Waals surface area contributed by atoms with E-state index in [2.05, 4.69) is 31.1 Å². The number of rotatable bonds is 8. The summed E-state index contributed by atoms with van der Waals surface area (Å²) in [5.74, 6) is -0.260. The zero-order chi connectivity index (χ0) is 11.8. The minimum Gasteiger partial charge on any atom is -0.368 e. The molecule has 0 aromatic rings. The molecule has 0 aromatic heterocycles. The van der Waals surface area contributed by atoms with E-state index in [4.69, 9.17) is 5.73 Å². The lowest BCUT2D eigenvalue weighted by Crippen LogP contribution is -2.44. The molecule has 0 fully saturated rings. The van der Waals surface area contributed by atoms with Gasteiger partial charge in [0.1, 0.15) is 0 Å². The van der Waals surface area contributed by atoms with Crippen LogP contribution in [0.2, 0.25) is 0 Å². The van der Waals surface area contributed by atoms with Crippen molar-refractivity contribution in [3.8, 4) is 0 Å². The van der Waals surface area contributed by atoms with Gasteiger partial charge < -0.3 is 16.0 Å². The van der Waals surface area contributed by atoms with Crippen molar-refractivity contribution >= 4 is 5.91 Å². The summed E-state index contributed by atoms with van der Waals surface area (Å²) in [6.07, 6.45) is 1.89. The Labute approximate surface area is 93.2 Å². The Morgan fingerprint density at radius 1 is 1.40 bits per heavy atom. The fourth-order valence-corrected chi connectivity index (χ4v) is 1.39. The number of hydrogen-bond donors (Lipinski definition) is 2. The first-order chi connectivity index (χ1) is 7.02. The first-order valence-corrected chi connectivity index (χ1v) is 5.75. The maximum atomic E-state index is 10.9. The van der Waals surface area contributed by atoms with Crippen LogP contribution < -0.4 is 11.1 Å². The van der Waals surface area contributed by atoms with Crippen LogP contribution in [-0.4, -0.2) is 43.0 Å². The Morgan fingerprint density at radius 3 is 2.40 bits per heavy atom. The molecule has 0 aliphatic heterocycles. The summed E-state index contributed by atoms with van der Waals surface area (Å²) in [5, 5.41) is 3.16. The summed E-state index contributed by atoms with van der Waals surface area (Å²) in [6.45, 7) is 8.08. The summed E-state index contributed by atoms with van der Waals surface area (Å²) >= 11 is 0. The predicted octanol–water partition coefficient (Wildman–Crippen LogP) is 0.570. The van der Waals surface area contributed by atoms with Gasteiger partial charge in [-0.05, 0) is 26.8 Å². The van der Waals surface area contributed by atoms with Crippen LogP contribution in [0.25, 0.3) is 0 Å². The van der Waals surface area contributed by atoms with Crippen molar-refractivity contribution < 1.29 is 4.79 Å². The summed E-state index contributed by atoms with van der Waals surface area (Å²) in [5.41, 5.74) is 5.24. The monoisotopic (exact) mass is 215 g/mol. The minimum absolute atomic E-state index is 0.185. The largest absolute Gasteiger partial charge is 0.368 e. The van der Waals surface area contributed by atoms with E-state index in [9.17, 15) is 4.79 Å². The Hall–Kier alpha value is -0.610. The molecule has 4 heteroatoms. The smallest absolute Gasteiger partial charge is 0.234 e. The van der Waals surface area contributed by atoms with Gasteiger partial charge >= 0.3 is 0 Å². The van der Waals surface area contributed by atoms with Gasteiger partial charge in [0, 0.05) is 19.1 Å². The number of nitrogens with two attached hydrogens (primary N) is 1. The van der Waals surface area contributed by atoms with Crippen LogP contribution in [-0.2, 0) is 4.79 Å². The third-order valence-corrected chi connectivity index (χ3v) is 2.95. The predicted molar refractivity (Wildman–Crippen MR) is 63.7 cm³/mol. The quantitative estimate of drug-likeness (QED) is 0.622. The zero-order valence-electron chi connectivity index (χ0n) is 10.4. The van der Waals surface area contributed by atoms with Gasteiger partial charge in [-0.1, -0.05) is 13.8 Å². The molecule has 0 spiro atoms. The van der Waals surface area contributed by atoms with E-state index in [0.29, 0.717) is 6.04 Å². The summed E-state index contributed by atoms with van der Waals surface area (Å²) < 4.78 is 0. The summed E-state index contributed by atoms with van der Waals surface area (Å²) in [6, 6.07) is 0.399. The number of carbonyl (C=O) groups excluding carboxylic acids is 1. The topological polar surface area (TPSA) is 58.4 Å². The molecule has 0 saturated heterocycles. The van der Waals surface area contributed by atoms with Gasteiger partial charge in [0.25, 0.3) is 0 Å². The maximum Gasteiger partial charge on any atom is 0.234 e. The van der Waals surface area contributed by atoms with Crippen molar-refractivity contribution in [3.63, 3.8) is 0 Å². The van der Waals surface area contributed by atoms with Gasteiger partial charge in [0.05, 0.1) is 6.04 Å². The van der Waals surface area contributed by atoms with Crippen molar-refractivity contribution in [2.45, 2.75) is 45.7 Å². The molecule has 2 atom stereocenters. The fourth-order valence-electron chi connectivity index (χ4n) is 1.39. The van der Waals surface area contributed by atoms with E-state index in [1.807, 2.05) is 6.92 Å². The van der Waals surface area contributed by atoms with Crippen LogP contribution in [0, 0.1) is 0 Å². The first-order valence-electron chi connectivity index (χ1n) is 5.75. The third-order valence-electron chi connectivity index (χ3n) is 2.95. The van der Waals surface area contributed by atoms with E-state index >= 15 is 0 Å². The second-order valence-corrected chi connectivity index (χ2v) is 4.06. The highest BCUT2D eigenvalue weighted by Crippen LogP contribution is 1.98. The number of nitrogens with zero attached hydrogens (tertiary/aromatic N) is 1. The van der Waals surface area contributed by atoms with Gasteiger partial charge in [0.15, 0.2) is 0 Å². The van der Waals surface area contributed by atoms with E-state index in [1.54, 1.807) is 0 Å². The SMILES string of the molecule is CCC(NCCN(C)C(C)CC)C(N)=O. The maximum absolute atomic E-state index is 10.9. The van der Waals surface area contributed by atoms with Crippen LogP contribution in [0.1, 0.15) is 33.6 Å². The Kier molecular flexibility index (Phi) is 7.34. The second kappa shape index (κ2) is 7.65. The number of carbonyl (C=O) groups is 1. The van der Waals surface area contributed by atoms with Crippen LogP contribution in [0.4, 0.5) is 0 Å². The molecule has 0 radical (unpaired) electrons. The average molecular weight is 215 g/mol. The van der Waals surface area contributed by atoms with Crippen molar-refractivity contribution in [1.29, 1.82) is 0 Å². The van der Waals surface area contributed by atoms with Gasteiger partial charge in [-0.15, -0.1) is 0 Å². The van der Waals surface area contributed by atoms with Crippen molar-refractivity contribution in [2.75, 3.05) is 20.1 Å². The molecule has 4 nitrogen and oxygen atoms in total. The molecule has 1 amide bonds. The van der Waals surface area contributed by atoms with Gasteiger partial charge in [-0.25, -0.2) is 0 Å². The molecule has 0 rings (SSSR count). The van der Waals surface area contributed by atoms with Crippen LogP contribution >= 0.6 is 0 Å². The molecule has 0 aliphatic rings. The molecule has 0 saturated carbocycles. The Bertz CT molecular complexity index is 185. The lowest BCUT2D eigenvalue weighted by molar-refractivity contribution is -0.120. The zero-order valence-corrected chi connectivity index (χ0v) is 10.4. The molecule has 0 aliphatic carbocycles. The Balaban J connectivity index is 3.72. The molecule has 90 valence electrons. The van der Waals surface area contributed by atoms with Gasteiger partial charge in [0.2, 0.25) is 5.91 Å².